The smallest absolute Gasteiger partial charge is 0.179 e. The maximum atomic E-state index is 12.3. The van der Waals surface area contributed by atoms with Crippen molar-refractivity contribution in [3.05, 3.63) is 0 Å². The third kappa shape index (κ3) is 2.31. The fraction of sp³-hybridized carbons (Fsp3) is 0.833. The van der Waals surface area contributed by atoms with E-state index in [0.29, 0.717) is 0 Å². The van der Waals surface area contributed by atoms with Crippen molar-refractivity contribution in [1.82, 2.24) is 4.90 Å². The van der Waals surface area contributed by atoms with Gasteiger partial charge in [0.15, 0.2) is 6.19 Å². The lowest BCUT2D eigenvalue weighted by atomic mass is 10.2. The van der Waals surface area contributed by atoms with Crippen molar-refractivity contribution < 1.29 is 4.39 Å². The lowest BCUT2D eigenvalue weighted by Crippen LogP contribution is -2.31. The molecular weight excluding hydrogens is 119 g/mol. The van der Waals surface area contributed by atoms with Gasteiger partial charge in [-0.05, 0) is 13.8 Å². The van der Waals surface area contributed by atoms with Gasteiger partial charge in [-0.25, -0.2) is 4.39 Å². The molecule has 0 heterocycles. The SMILES string of the molecule is CC(F)C(C)N(C)C#N. The van der Waals surface area contributed by atoms with Gasteiger partial charge in [-0.3, -0.25) is 0 Å². The minimum absolute atomic E-state index is 0.310. The van der Waals surface area contributed by atoms with E-state index in [9.17, 15) is 4.39 Å². The zero-order valence-corrected chi connectivity index (χ0v) is 5.93. The monoisotopic (exact) mass is 130 g/mol. The molecule has 0 aliphatic heterocycles. The van der Waals surface area contributed by atoms with Gasteiger partial charge in [-0.1, -0.05) is 0 Å². The standard InChI is InChI=1S/C6H11FN2/c1-5(7)6(2)9(3)4-8/h5-6H,1-3H3. The lowest BCUT2D eigenvalue weighted by molar-refractivity contribution is 0.211. The Morgan fingerprint density at radius 1 is 1.56 bits per heavy atom. The molecule has 0 aromatic heterocycles. The van der Waals surface area contributed by atoms with Crippen molar-refractivity contribution in [1.29, 1.82) is 5.26 Å². The summed E-state index contributed by atoms with van der Waals surface area (Å²) in [7, 11) is 1.57. The number of rotatable bonds is 2. The van der Waals surface area contributed by atoms with Crippen LogP contribution in [0, 0.1) is 11.5 Å². The molecule has 2 nitrogen and oxygen atoms in total. The van der Waals surface area contributed by atoms with Gasteiger partial charge < -0.3 is 4.90 Å². The molecule has 0 spiro atoms. The van der Waals surface area contributed by atoms with Gasteiger partial charge in [0.25, 0.3) is 0 Å². The average Bonchev–Trinajstić information content (AvgIpc) is 1.84. The van der Waals surface area contributed by atoms with E-state index in [1.807, 2.05) is 6.19 Å². The van der Waals surface area contributed by atoms with E-state index in [-0.39, 0.29) is 6.04 Å². The Morgan fingerprint density at radius 3 is 2.11 bits per heavy atom. The first-order valence-corrected chi connectivity index (χ1v) is 2.86. The predicted molar refractivity (Wildman–Crippen MR) is 33.4 cm³/mol. The van der Waals surface area contributed by atoms with Gasteiger partial charge in [-0.15, -0.1) is 0 Å². The van der Waals surface area contributed by atoms with E-state index in [1.165, 1.54) is 11.8 Å². The summed E-state index contributed by atoms with van der Waals surface area (Å²) in [6.45, 7) is 3.12. The highest BCUT2D eigenvalue weighted by Gasteiger charge is 2.13. The molecule has 0 bridgehead atoms. The first kappa shape index (κ1) is 8.22. The van der Waals surface area contributed by atoms with E-state index >= 15 is 0 Å². The number of alkyl halides is 1. The summed E-state index contributed by atoms with van der Waals surface area (Å²) >= 11 is 0. The summed E-state index contributed by atoms with van der Waals surface area (Å²) in [5.41, 5.74) is 0. The minimum atomic E-state index is -0.949. The average molecular weight is 130 g/mol. The molecule has 0 aliphatic rings. The molecule has 0 aliphatic carbocycles. The van der Waals surface area contributed by atoms with Gasteiger partial charge in [-0.2, -0.15) is 5.26 Å². The van der Waals surface area contributed by atoms with Crippen LogP contribution in [0.4, 0.5) is 4.39 Å². The van der Waals surface area contributed by atoms with E-state index < -0.39 is 6.17 Å². The Morgan fingerprint density at radius 2 is 2.00 bits per heavy atom. The third-order valence-corrected chi connectivity index (χ3v) is 1.43. The molecule has 0 saturated carbocycles. The van der Waals surface area contributed by atoms with Crippen LogP contribution in [0.1, 0.15) is 13.8 Å². The van der Waals surface area contributed by atoms with Crippen molar-refractivity contribution in [2.75, 3.05) is 7.05 Å². The number of nitriles is 1. The highest BCUT2D eigenvalue weighted by Crippen LogP contribution is 2.02. The van der Waals surface area contributed by atoms with Gasteiger partial charge in [0, 0.05) is 7.05 Å². The maximum absolute atomic E-state index is 12.3. The fourth-order valence-corrected chi connectivity index (χ4v) is 0.399. The number of halogens is 1. The highest BCUT2D eigenvalue weighted by molar-refractivity contribution is 4.78. The molecule has 9 heavy (non-hydrogen) atoms. The van der Waals surface area contributed by atoms with Crippen LogP contribution in [0.25, 0.3) is 0 Å². The second-order valence-electron chi connectivity index (χ2n) is 2.13. The van der Waals surface area contributed by atoms with Crippen LogP contribution in [0.2, 0.25) is 0 Å². The van der Waals surface area contributed by atoms with Crippen LogP contribution in [-0.2, 0) is 0 Å². The summed E-state index contributed by atoms with van der Waals surface area (Å²) in [6, 6.07) is -0.310. The Labute approximate surface area is 54.9 Å². The van der Waals surface area contributed by atoms with Gasteiger partial charge >= 0.3 is 0 Å². The third-order valence-electron chi connectivity index (χ3n) is 1.43. The Hall–Kier alpha value is -0.780. The second-order valence-corrected chi connectivity index (χ2v) is 2.13. The normalized spacial score (nSPS) is 15.9. The van der Waals surface area contributed by atoms with E-state index in [4.69, 9.17) is 5.26 Å². The Bertz CT molecular complexity index is 117. The second kappa shape index (κ2) is 3.29. The number of nitrogens with zero attached hydrogens (tertiary/aromatic N) is 2. The van der Waals surface area contributed by atoms with Crippen molar-refractivity contribution in [3.63, 3.8) is 0 Å². The minimum Gasteiger partial charge on any atom is -0.308 e. The quantitative estimate of drug-likeness (QED) is 0.414. The molecule has 52 valence electrons. The Kier molecular flexibility index (Phi) is 3.00. The maximum Gasteiger partial charge on any atom is 0.179 e. The zero-order valence-electron chi connectivity index (χ0n) is 5.93. The van der Waals surface area contributed by atoms with Crippen molar-refractivity contribution >= 4 is 0 Å². The summed E-state index contributed by atoms with van der Waals surface area (Å²) < 4.78 is 12.3. The van der Waals surface area contributed by atoms with Crippen LogP contribution in [-0.4, -0.2) is 24.2 Å². The van der Waals surface area contributed by atoms with Crippen LogP contribution >= 0.6 is 0 Å². The summed E-state index contributed by atoms with van der Waals surface area (Å²) in [5.74, 6) is 0. The van der Waals surface area contributed by atoms with Crippen molar-refractivity contribution in [3.8, 4) is 6.19 Å². The molecule has 0 N–H and O–H groups in total. The lowest BCUT2D eigenvalue weighted by Gasteiger charge is -2.18. The van der Waals surface area contributed by atoms with E-state index in [1.54, 1.807) is 14.0 Å². The predicted octanol–water partition coefficient (Wildman–Crippen LogP) is 1.15. The molecule has 0 rings (SSSR count). The molecule has 0 fully saturated rings. The molecule has 3 heteroatoms. The van der Waals surface area contributed by atoms with Crippen LogP contribution in [0.15, 0.2) is 0 Å². The van der Waals surface area contributed by atoms with Crippen LogP contribution in [0.3, 0.4) is 0 Å². The molecular formula is C6H11FN2. The number of hydrogen-bond donors (Lipinski definition) is 0. The van der Waals surface area contributed by atoms with Gasteiger partial charge in [0.1, 0.15) is 6.17 Å². The van der Waals surface area contributed by atoms with Gasteiger partial charge in [0.05, 0.1) is 6.04 Å². The highest BCUT2D eigenvalue weighted by atomic mass is 19.1. The summed E-state index contributed by atoms with van der Waals surface area (Å²) in [6.07, 6.45) is 0.890. The molecule has 0 amide bonds. The molecule has 0 aromatic rings. The molecule has 2 atom stereocenters. The van der Waals surface area contributed by atoms with Crippen LogP contribution in [0.5, 0.6) is 0 Å². The zero-order chi connectivity index (χ0) is 7.44. The van der Waals surface area contributed by atoms with Crippen molar-refractivity contribution in [2.45, 2.75) is 26.1 Å². The van der Waals surface area contributed by atoms with Gasteiger partial charge in [0.2, 0.25) is 0 Å². The first-order valence-electron chi connectivity index (χ1n) is 2.86. The topological polar surface area (TPSA) is 27.0 Å². The fourth-order valence-electron chi connectivity index (χ4n) is 0.399. The molecule has 0 radical (unpaired) electrons. The van der Waals surface area contributed by atoms with Crippen LogP contribution < -0.4 is 0 Å². The molecule has 0 saturated heterocycles. The van der Waals surface area contributed by atoms with E-state index in [2.05, 4.69) is 0 Å². The largest absolute Gasteiger partial charge is 0.308 e. The first-order chi connectivity index (χ1) is 4.09. The summed E-state index contributed by atoms with van der Waals surface area (Å²) in [4.78, 5) is 1.30. The molecule has 0 aromatic carbocycles. The number of hydrogen-bond acceptors (Lipinski definition) is 2. The van der Waals surface area contributed by atoms with Crippen molar-refractivity contribution in [2.24, 2.45) is 0 Å². The Balaban J connectivity index is 3.76. The van der Waals surface area contributed by atoms with E-state index in [0.717, 1.165) is 0 Å². The molecule has 2 unspecified atom stereocenters. The summed E-state index contributed by atoms with van der Waals surface area (Å²) in [5, 5.41) is 8.26.